The van der Waals surface area contributed by atoms with Crippen LogP contribution in [-0.2, 0) is 25.3 Å². The molecule has 1 fully saturated rings. The molecule has 2 heterocycles. The Bertz CT molecular complexity index is 1460. The summed E-state index contributed by atoms with van der Waals surface area (Å²) in [5.74, 6) is -1.61. The third-order valence-electron chi connectivity index (χ3n) is 6.69. The van der Waals surface area contributed by atoms with Crippen molar-refractivity contribution >= 4 is 39.0 Å². The van der Waals surface area contributed by atoms with Gasteiger partial charge in [0.25, 0.3) is 0 Å². The van der Waals surface area contributed by atoms with Crippen molar-refractivity contribution in [1.82, 2.24) is 5.32 Å². The maximum absolute atomic E-state index is 13.9. The van der Waals surface area contributed by atoms with E-state index in [0.29, 0.717) is 53.2 Å². The summed E-state index contributed by atoms with van der Waals surface area (Å²) in [4.78, 5) is 24.8. The highest BCUT2D eigenvalue weighted by Gasteiger charge is 2.32. The fraction of sp³-hybridized carbons (Fsp3) is 0.400. The van der Waals surface area contributed by atoms with E-state index < -0.39 is 28.6 Å². The van der Waals surface area contributed by atoms with Crippen LogP contribution in [0, 0.1) is 12.8 Å². The molecule has 2 N–H and O–H groups in total. The summed E-state index contributed by atoms with van der Waals surface area (Å²) in [6, 6.07) is 16.1. The lowest BCUT2D eigenvalue weighted by Crippen LogP contribution is -2.46. The van der Waals surface area contributed by atoms with Gasteiger partial charge in [-0.15, -0.1) is 11.3 Å². The lowest BCUT2D eigenvalue weighted by Gasteiger charge is -2.35. The van der Waals surface area contributed by atoms with E-state index in [9.17, 15) is 23.1 Å². The second kappa shape index (κ2) is 13.5. The third-order valence-corrected chi connectivity index (χ3v) is 9.81. The average molecular weight is 601 g/mol. The molecule has 0 atom stereocenters. The van der Waals surface area contributed by atoms with Crippen molar-refractivity contribution in [3.05, 3.63) is 70.6 Å². The zero-order chi connectivity index (χ0) is 29.6. The average Bonchev–Trinajstić information content (AvgIpc) is 3.28. The SMILES string of the molecule is Cc1c(-c2cccc(N(C3CCNCC3)S(=O)(=O)Cc3ccccc3)c2)sc(C(=O)O)c1OCC(=O)OCC(C)C. The van der Waals surface area contributed by atoms with Crippen molar-refractivity contribution in [1.29, 1.82) is 0 Å². The van der Waals surface area contributed by atoms with Crippen molar-refractivity contribution in [3.63, 3.8) is 0 Å². The van der Waals surface area contributed by atoms with E-state index >= 15 is 0 Å². The maximum Gasteiger partial charge on any atom is 0.349 e. The van der Waals surface area contributed by atoms with Crippen LogP contribution >= 0.6 is 11.3 Å². The number of nitrogens with one attached hydrogen (secondary N) is 1. The number of carboxylic acids is 1. The first-order chi connectivity index (χ1) is 19.6. The van der Waals surface area contributed by atoms with E-state index in [2.05, 4.69) is 5.32 Å². The quantitative estimate of drug-likeness (QED) is 0.276. The van der Waals surface area contributed by atoms with Crippen LogP contribution in [0.1, 0.15) is 47.5 Å². The molecule has 0 amide bonds. The Balaban J connectivity index is 1.68. The smallest absolute Gasteiger partial charge is 0.349 e. The number of carbonyl (C=O) groups is 2. The summed E-state index contributed by atoms with van der Waals surface area (Å²) in [6.45, 7) is 6.83. The Morgan fingerprint density at radius 1 is 1.10 bits per heavy atom. The van der Waals surface area contributed by atoms with Gasteiger partial charge < -0.3 is 19.9 Å². The molecule has 0 saturated carbocycles. The Morgan fingerprint density at radius 3 is 2.46 bits per heavy atom. The van der Waals surface area contributed by atoms with Crippen molar-refractivity contribution in [2.45, 2.75) is 45.4 Å². The molecular weight excluding hydrogens is 564 g/mol. The summed E-state index contributed by atoms with van der Waals surface area (Å²) in [5, 5.41) is 13.2. The summed E-state index contributed by atoms with van der Waals surface area (Å²) >= 11 is 1.03. The normalized spacial score (nSPS) is 14.1. The molecule has 220 valence electrons. The van der Waals surface area contributed by atoms with E-state index in [1.54, 1.807) is 37.3 Å². The molecule has 1 aliphatic heterocycles. The lowest BCUT2D eigenvalue weighted by atomic mass is 10.0. The minimum Gasteiger partial charge on any atom is -0.480 e. The Kier molecular flexibility index (Phi) is 10.1. The number of aromatic carboxylic acids is 1. The Hall–Kier alpha value is -3.41. The van der Waals surface area contributed by atoms with Crippen molar-refractivity contribution < 1.29 is 32.6 Å². The topological polar surface area (TPSA) is 122 Å². The van der Waals surface area contributed by atoms with E-state index in [1.165, 1.54) is 4.31 Å². The monoisotopic (exact) mass is 600 g/mol. The molecule has 41 heavy (non-hydrogen) atoms. The number of piperidine rings is 1. The van der Waals surface area contributed by atoms with Gasteiger partial charge in [-0.2, -0.15) is 0 Å². The largest absolute Gasteiger partial charge is 0.480 e. The number of hydrogen-bond donors (Lipinski definition) is 2. The summed E-state index contributed by atoms with van der Waals surface area (Å²) in [7, 11) is -3.74. The molecule has 3 aromatic rings. The molecule has 0 bridgehead atoms. The van der Waals surface area contributed by atoms with E-state index in [0.717, 1.165) is 11.3 Å². The van der Waals surface area contributed by atoms with Gasteiger partial charge >= 0.3 is 11.9 Å². The number of esters is 1. The van der Waals surface area contributed by atoms with Gasteiger partial charge in [0.1, 0.15) is 5.75 Å². The number of thiophene rings is 1. The number of benzene rings is 2. The first-order valence-corrected chi connectivity index (χ1v) is 16.0. The van der Waals surface area contributed by atoms with E-state index in [-0.39, 0.29) is 34.9 Å². The summed E-state index contributed by atoms with van der Waals surface area (Å²) < 4.78 is 40.1. The number of carboxylic acid groups (broad SMARTS) is 1. The van der Waals surface area contributed by atoms with Crippen molar-refractivity contribution in [3.8, 4) is 16.2 Å². The van der Waals surface area contributed by atoms with Crippen LogP contribution < -0.4 is 14.4 Å². The molecule has 0 aliphatic carbocycles. The predicted molar refractivity (Wildman–Crippen MR) is 160 cm³/mol. The fourth-order valence-corrected chi connectivity index (χ4v) is 7.74. The van der Waals surface area contributed by atoms with Gasteiger partial charge in [-0.05, 0) is 62.0 Å². The van der Waals surface area contributed by atoms with Gasteiger partial charge in [-0.3, -0.25) is 4.31 Å². The predicted octanol–water partition coefficient (Wildman–Crippen LogP) is 5.09. The molecule has 1 aliphatic rings. The first-order valence-electron chi connectivity index (χ1n) is 13.6. The fourth-order valence-electron chi connectivity index (χ4n) is 4.80. The van der Waals surface area contributed by atoms with Crippen LogP contribution in [0.15, 0.2) is 54.6 Å². The molecule has 0 unspecified atom stereocenters. The molecule has 1 aromatic heterocycles. The van der Waals surface area contributed by atoms with Gasteiger partial charge in [-0.25, -0.2) is 18.0 Å². The van der Waals surface area contributed by atoms with E-state index in [1.807, 2.05) is 38.1 Å². The second-order valence-electron chi connectivity index (χ2n) is 10.5. The Morgan fingerprint density at radius 2 is 1.80 bits per heavy atom. The molecule has 0 radical (unpaired) electrons. The molecule has 0 spiro atoms. The highest BCUT2D eigenvalue weighted by Crippen LogP contribution is 2.43. The first kappa shape index (κ1) is 30.5. The summed E-state index contributed by atoms with van der Waals surface area (Å²) in [5.41, 5.74) is 2.45. The van der Waals surface area contributed by atoms with Crippen molar-refractivity contribution in [2.24, 2.45) is 5.92 Å². The number of rotatable bonds is 12. The number of ether oxygens (including phenoxy) is 2. The standard InChI is InChI=1S/C30H36N2O7S2/c1-20(2)17-38-26(33)18-39-27-21(3)28(40-29(27)30(34)35)23-10-7-11-25(16-23)32(24-12-14-31-15-13-24)41(36,37)19-22-8-5-4-6-9-22/h4-11,16,20,24,31H,12-15,17-19H2,1-3H3,(H,34,35). The molecule has 1 saturated heterocycles. The molecule has 4 rings (SSSR count). The van der Waals surface area contributed by atoms with Crippen LogP contribution in [0.4, 0.5) is 5.69 Å². The molecule has 9 nitrogen and oxygen atoms in total. The van der Waals surface area contributed by atoms with Gasteiger partial charge in [-0.1, -0.05) is 56.3 Å². The minimum atomic E-state index is -3.74. The van der Waals surface area contributed by atoms with Gasteiger partial charge in [0.15, 0.2) is 11.5 Å². The number of anilines is 1. The van der Waals surface area contributed by atoms with Crippen LogP contribution in [0.25, 0.3) is 10.4 Å². The number of hydrogen-bond acceptors (Lipinski definition) is 8. The third kappa shape index (κ3) is 7.66. The lowest BCUT2D eigenvalue weighted by molar-refractivity contribution is -0.147. The van der Waals surface area contributed by atoms with Gasteiger partial charge in [0.05, 0.1) is 18.0 Å². The maximum atomic E-state index is 13.9. The number of carbonyl (C=O) groups excluding carboxylic acids is 1. The number of nitrogens with zero attached hydrogens (tertiary/aromatic N) is 1. The van der Waals surface area contributed by atoms with Crippen molar-refractivity contribution in [2.75, 3.05) is 30.6 Å². The molecule has 11 heteroatoms. The molecule has 2 aromatic carbocycles. The van der Waals surface area contributed by atoms with Crippen LogP contribution in [0.3, 0.4) is 0 Å². The van der Waals surface area contributed by atoms with Crippen LogP contribution in [0.5, 0.6) is 5.75 Å². The second-order valence-corrected chi connectivity index (χ2v) is 13.3. The van der Waals surface area contributed by atoms with Gasteiger partial charge in [0, 0.05) is 16.5 Å². The zero-order valence-electron chi connectivity index (χ0n) is 23.5. The summed E-state index contributed by atoms with van der Waals surface area (Å²) in [6.07, 6.45) is 1.34. The highest BCUT2D eigenvalue weighted by atomic mass is 32.2. The number of sulfonamides is 1. The Labute approximate surface area is 245 Å². The van der Waals surface area contributed by atoms with Crippen LogP contribution in [0.2, 0.25) is 0 Å². The highest BCUT2D eigenvalue weighted by molar-refractivity contribution is 7.92. The molecular formula is C30H36N2O7S2. The van der Waals surface area contributed by atoms with Crippen LogP contribution in [-0.4, -0.2) is 57.8 Å². The van der Waals surface area contributed by atoms with E-state index in [4.69, 9.17) is 9.47 Å². The van der Waals surface area contributed by atoms with Gasteiger partial charge in [0.2, 0.25) is 10.0 Å². The minimum absolute atomic E-state index is 0.0357. The zero-order valence-corrected chi connectivity index (χ0v) is 25.1.